The van der Waals surface area contributed by atoms with Crippen molar-refractivity contribution < 1.29 is 23.2 Å². The lowest BCUT2D eigenvalue weighted by Crippen LogP contribution is -2.36. The molecule has 10 nitrogen and oxygen atoms in total. The fraction of sp³-hybridized carbons (Fsp3) is 0.192. The zero-order chi connectivity index (χ0) is 26.7. The second-order valence-corrected chi connectivity index (χ2v) is 11.6. The highest BCUT2D eigenvalue weighted by Gasteiger charge is 2.22. The number of amides is 2. The summed E-state index contributed by atoms with van der Waals surface area (Å²) in [6.45, 7) is 2.78. The Labute approximate surface area is 224 Å². The van der Waals surface area contributed by atoms with Crippen LogP contribution in [0.25, 0.3) is 21.7 Å². The molecule has 1 saturated heterocycles. The van der Waals surface area contributed by atoms with Gasteiger partial charge in [-0.05, 0) is 54.1 Å². The van der Waals surface area contributed by atoms with Crippen LogP contribution >= 0.6 is 11.3 Å². The molecule has 0 radical (unpaired) electrons. The van der Waals surface area contributed by atoms with Crippen LogP contribution in [0.15, 0.2) is 78.0 Å². The Bertz CT molecular complexity index is 1540. The summed E-state index contributed by atoms with van der Waals surface area (Å²) in [5.41, 5.74) is 3.09. The van der Waals surface area contributed by atoms with Crippen molar-refractivity contribution in [1.82, 2.24) is 9.97 Å². The van der Waals surface area contributed by atoms with Gasteiger partial charge in [0, 0.05) is 43.0 Å². The van der Waals surface area contributed by atoms with Crippen LogP contribution in [0.2, 0.25) is 0 Å². The standard InChI is InChI=1S/C26H25N5O5S2/c1-38(34,35)22-7-5-20(6-8-22)28-25(32)31(33)21-4-2-3-19(17-21)24-23(18-9-11-27-12-10-18)29-26(37-24)30-13-15-36-16-14-30/h2-12,17,33H,13-16H2,1H3,(H,28,32). The highest BCUT2D eigenvalue weighted by atomic mass is 32.2. The van der Waals surface area contributed by atoms with Gasteiger partial charge < -0.3 is 15.0 Å². The molecule has 2 aromatic heterocycles. The number of hydrogen-bond acceptors (Lipinski definition) is 9. The lowest BCUT2D eigenvalue weighted by atomic mass is 10.1. The molecule has 5 rings (SSSR count). The monoisotopic (exact) mass is 551 g/mol. The van der Waals surface area contributed by atoms with Crippen molar-refractivity contribution in [2.75, 3.05) is 47.8 Å². The summed E-state index contributed by atoms with van der Waals surface area (Å²) in [6, 6.07) is 15.7. The van der Waals surface area contributed by atoms with Crippen LogP contribution in [0, 0.1) is 0 Å². The van der Waals surface area contributed by atoms with Gasteiger partial charge in [0.15, 0.2) is 15.0 Å². The van der Waals surface area contributed by atoms with Crippen molar-refractivity contribution in [3.05, 3.63) is 73.1 Å². The largest absolute Gasteiger partial charge is 0.378 e. The van der Waals surface area contributed by atoms with E-state index in [4.69, 9.17) is 9.72 Å². The van der Waals surface area contributed by atoms with Gasteiger partial charge in [0.2, 0.25) is 0 Å². The van der Waals surface area contributed by atoms with E-state index in [2.05, 4.69) is 15.2 Å². The van der Waals surface area contributed by atoms with Crippen molar-refractivity contribution >= 4 is 43.7 Å². The predicted octanol–water partition coefficient (Wildman–Crippen LogP) is 4.54. The molecule has 0 atom stereocenters. The molecule has 2 N–H and O–H groups in total. The molecule has 0 unspecified atom stereocenters. The number of hydrogen-bond donors (Lipinski definition) is 2. The summed E-state index contributed by atoms with van der Waals surface area (Å²) in [5.74, 6) is 0. The Morgan fingerprint density at radius 1 is 1.05 bits per heavy atom. The van der Waals surface area contributed by atoms with E-state index in [-0.39, 0.29) is 10.6 Å². The average Bonchev–Trinajstić information content (AvgIpc) is 3.39. The molecule has 38 heavy (non-hydrogen) atoms. The van der Waals surface area contributed by atoms with E-state index >= 15 is 0 Å². The molecule has 0 spiro atoms. The third-order valence-electron chi connectivity index (χ3n) is 5.93. The number of nitrogens with one attached hydrogen (secondary N) is 1. The number of ether oxygens (including phenoxy) is 1. The van der Waals surface area contributed by atoms with Crippen molar-refractivity contribution in [2.45, 2.75) is 4.90 Å². The van der Waals surface area contributed by atoms with Crippen molar-refractivity contribution in [3.8, 4) is 21.7 Å². The first-order valence-corrected chi connectivity index (χ1v) is 14.4. The second-order valence-electron chi connectivity index (χ2n) is 8.60. The molecule has 1 fully saturated rings. The van der Waals surface area contributed by atoms with Gasteiger partial charge in [-0.25, -0.2) is 18.2 Å². The van der Waals surface area contributed by atoms with Crippen molar-refractivity contribution in [2.24, 2.45) is 0 Å². The number of anilines is 3. The summed E-state index contributed by atoms with van der Waals surface area (Å²) in [4.78, 5) is 25.0. The van der Waals surface area contributed by atoms with E-state index < -0.39 is 15.9 Å². The number of carbonyl (C=O) groups excluding carboxylic acids is 1. The van der Waals surface area contributed by atoms with Crippen LogP contribution in [0.3, 0.4) is 0 Å². The van der Waals surface area contributed by atoms with Crippen LogP contribution in [0.1, 0.15) is 0 Å². The number of benzene rings is 2. The van der Waals surface area contributed by atoms with Crippen LogP contribution in [0.4, 0.5) is 21.3 Å². The molecule has 4 aromatic rings. The van der Waals surface area contributed by atoms with Crippen molar-refractivity contribution in [3.63, 3.8) is 0 Å². The quantitative estimate of drug-likeness (QED) is 0.264. The van der Waals surface area contributed by atoms with Gasteiger partial charge in [-0.2, -0.15) is 5.06 Å². The minimum absolute atomic E-state index is 0.134. The maximum absolute atomic E-state index is 12.8. The van der Waals surface area contributed by atoms with Crippen molar-refractivity contribution in [1.29, 1.82) is 0 Å². The number of morpholine rings is 1. The first-order chi connectivity index (χ1) is 18.3. The minimum Gasteiger partial charge on any atom is -0.378 e. The SMILES string of the molecule is CS(=O)(=O)c1ccc(NC(=O)N(O)c2cccc(-c3sc(N4CCOCC4)nc3-c3ccncc3)c2)cc1. The third kappa shape index (κ3) is 5.68. The second kappa shape index (κ2) is 10.9. The van der Waals surface area contributed by atoms with Crippen LogP contribution in [0.5, 0.6) is 0 Å². The zero-order valence-corrected chi connectivity index (χ0v) is 22.1. The number of carbonyl (C=O) groups is 1. The molecule has 3 heterocycles. The third-order valence-corrected chi connectivity index (χ3v) is 8.22. The first-order valence-electron chi connectivity index (χ1n) is 11.7. The fourth-order valence-corrected chi connectivity index (χ4v) is 5.72. The Balaban J connectivity index is 1.42. The molecular weight excluding hydrogens is 526 g/mol. The van der Waals surface area contributed by atoms with E-state index in [0.29, 0.717) is 24.0 Å². The van der Waals surface area contributed by atoms with E-state index in [1.165, 1.54) is 35.6 Å². The van der Waals surface area contributed by atoms with Crippen LogP contribution in [-0.4, -0.2) is 62.2 Å². The van der Waals surface area contributed by atoms with E-state index in [1.54, 1.807) is 30.6 Å². The van der Waals surface area contributed by atoms with E-state index in [1.807, 2.05) is 18.2 Å². The van der Waals surface area contributed by atoms with Crippen LogP contribution < -0.4 is 15.3 Å². The van der Waals surface area contributed by atoms with Crippen LogP contribution in [-0.2, 0) is 14.6 Å². The number of hydroxylamine groups is 1. The molecule has 2 amide bonds. The van der Waals surface area contributed by atoms with Gasteiger partial charge in [-0.15, -0.1) is 0 Å². The number of rotatable bonds is 6. The van der Waals surface area contributed by atoms with Gasteiger partial charge >= 0.3 is 6.03 Å². The minimum atomic E-state index is -3.36. The molecule has 0 bridgehead atoms. The molecule has 1 aliphatic rings. The lowest BCUT2D eigenvalue weighted by molar-refractivity contribution is 0.122. The Morgan fingerprint density at radius 2 is 1.76 bits per heavy atom. The maximum Gasteiger partial charge on any atom is 0.350 e. The summed E-state index contributed by atoms with van der Waals surface area (Å²) in [7, 11) is -3.36. The van der Waals surface area contributed by atoms with E-state index in [0.717, 1.165) is 46.2 Å². The summed E-state index contributed by atoms with van der Waals surface area (Å²) in [6.07, 6.45) is 4.53. The van der Waals surface area contributed by atoms with Gasteiger partial charge in [-0.1, -0.05) is 23.5 Å². The number of pyridine rings is 1. The molecule has 0 saturated carbocycles. The van der Waals surface area contributed by atoms with Gasteiger partial charge in [0.1, 0.15) is 0 Å². The predicted molar refractivity (Wildman–Crippen MR) is 147 cm³/mol. The molecule has 12 heteroatoms. The molecule has 1 aliphatic heterocycles. The number of aromatic nitrogens is 2. The summed E-state index contributed by atoms with van der Waals surface area (Å²) in [5, 5.41) is 14.6. The number of sulfone groups is 1. The molecule has 0 aliphatic carbocycles. The van der Waals surface area contributed by atoms with Gasteiger partial charge in [0.25, 0.3) is 0 Å². The fourth-order valence-electron chi connectivity index (χ4n) is 3.96. The highest BCUT2D eigenvalue weighted by Crippen LogP contribution is 2.41. The molecular formula is C26H25N5O5S2. The average molecular weight is 552 g/mol. The van der Waals surface area contributed by atoms with Gasteiger partial charge in [-0.3, -0.25) is 10.2 Å². The smallest absolute Gasteiger partial charge is 0.350 e. The number of nitrogens with zero attached hydrogens (tertiary/aromatic N) is 4. The summed E-state index contributed by atoms with van der Waals surface area (Å²) < 4.78 is 28.8. The molecule has 196 valence electrons. The molecule has 2 aromatic carbocycles. The van der Waals surface area contributed by atoms with E-state index in [9.17, 15) is 18.4 Å². The Morgan fingerprint density at radius 3 is 2.45 bits per heavy atom. The van der Waals surface area contributed by atoms with Gasteiger partial charge in [0.05, 0.1) is 34.4 Å². The number of thiazole rings is 1. The highest BCUT2D eigenvalue weighted by molar-refractivity contribution is 7.90. The zero-order valence-electron chi connectivity index (χ0n) is 20.4. The topological polar surface area (TPSA) is 125 Å². The Hall–Kier alpha value is -3.84. The Kier molecular flexibility index (Phi) is 7.38. The first kappa shape index (κ1) is 25.8. The summed E-state index contributed by atoms with van der Waals surface area (Å²) >= 11 is 1.54. The normalized spacial score (nSPS) is 13.8. The maximum atomic E-state index is 12.8. The number of urea groups is 1. The lowest BCUT2D eigenvalue weighted by Gasteiger charge is -2.26.